The van der Waals surface area contributed by atoms with E-state index >= 15 is 0 Å². The van der Waals surface area contributed by atoms with Gasteiger partial charge in [0.2, 0.25) is 0 Å². The summed E-state index contributed by atoms with van der Waals surface area (Å²) in [6.45, 7) is 7.76. The van der Waals surface area contributed by atoms with E-state index in [0.717, 1.165) is 70.9 Å². The van der Waals surface area contributed by atoms with E-state index in [-0.39, 0.29) is 5.78 Å². The third-order valence-electron chi connectivity index (χ3n) is 7.15. The van der Waals surface area contributed by atoms with Crippen LogP contribution in [0.15, 0.2) is 60.7 Å². The van der Waals surface area contributed by atoms with Crippen molar-refractivity contribution in [2.24, 2.45) is 0 Å². The largest absolute Gasteiger partial charge is 0.369 e. The molecule has 0 atom stereocenters. The SMILES string of the molecule is CC(=O)c1c(C)[nH]c(-c2nc3ccc(N4CCN(C)CC4)cc3[nH]2)c1-c1ccc2ccccc2c1. The van der Waals surface area contributed by atoms with Crippen LogP contribution in [0.2, 0.25) is 0 Å². The molecule has 3 aromatic carbocycles. The van der Waals surface area contributed by atoms with Crippen molar-refractivity contribution in [3.8, 4) is 22.6 Å². The third-order valence-corrected chi connectivity index (χ3v) is 7.15. The number of H-pyrrole nitrogens is 2. The second-order valence-corrected chi connectivity index (χ2v) is 9.57. The fourth-order valence-corrected chi connectivity index (χ4v) is 5.25. The summed E-state index contributed by atoms with van der Waals surface area (Å²) in [4.78, 5) is 29.4. The molecule has 2 aromatic heterocycles. The lowest BCUT2D eigenvalue weighted by molar-refractivity contribution is 0.101. The summed E-state index contributed by atoms with van der Waals surface area (Å²) < 4.78 is 0. The van der Waals surface area contributed by atoms with Crippen molar-refractivity contribution < 1.29 is 4.79 Å². The van der Waals surface area contributed by atoms with Crippen molar-refractivity contribution in [2.45, 2.75) is 13.8 Å². The Balaban J connectivity index is 1.47. The summed E-state index contributed by atoms with van der Waals surface area (Å²) in [5, 5.41) is 2.32. The van der Waals surface area contributed by atoms with Crippen LogP contribution in [0.25, 0.3) is 44.5 Å². The first-order valence-electron chi connectivity index (χ1n) is 12.1. The Hall–Kier alpha value is -3.90. The van der Waals surface area contributed by atoms with Crippen LogP contribution in [0.3, 0.4) is 0 Å². The van der Waals surface area contributed by atoms with E-state index in [9.17, 15) is 4.79 Å². The zero-order chi connectivity index (χ0) is 24.1. The van der Waals surface area contributed by atoms with E-state index in [2.05, 4.69) is 75.3 Å². The molecule has 5 aromatic rings. The molecule has 0 unspecified atom stereocenters. The number of carbonyl (C=O) groups is 1. The summed E-state index contributed by atoms with van der Waals surface area (Å²) in [5.74, 6) is 0.788. The van der Waals surface area contributed by atoms with Gasteiger partial charge in [0, 0.05) is 48.7 Å². The highest BCUT2D eigenvalue weighted by Crippen LogP contribution is 2.38. The van der Waals surface area contributed by atoms with Crippen LogP contribution in [0.4, 0.5) is 5.69 Å². The number of hydrogen-bond donors (Lipinski definition) is 2. The molecule has 0 radical (unpaired) electrons. The Bertz CT molecular complexity index is 1570. The Morgan fingerprint density at radius 3 is 2.46 bits per heavy atom. The summed E-state index contributed by atoms with van der Waals surface area (Å²) >= 11 is 0. The van der Waals surface area contributed by atoms with Gasteiger partial charge >= 0.3 is 0 Å². The number of fused-ring (bicyclic) bond motifs is 2. The molecular weight excluding hydrogens is 434 g/mol. The van der Waals surface area contributed by atoms with Crippen LogP contribution in [0.1, 0.15) is 23.0 Å². The van der Waals surface area contributed by atoms with Crippen molar-refractivity contribution >= 4 is 33.3 Å². The van der Waals surface area contributed by atoms with Gasteiger partial charge in [-0.05, 0) is 61.5 Å². The zero-order valence-corrected chi connectivity index (χ0v) is 20.4. The highest BCUT2D eigenvalue weighted by atomic mass is 16.1. The van der Waals surface area contributed by atoms with Gasteiger partial charge in [-0.3, -0.25) is 4.79 Å². The van der Waals surface area contributed by atoms with Gasteiger partial charge < -0.3 is 19.8 Å². The molecule has 1 fully saturated rings. The highest BCUT2D eigenvalue weighted by Gasteiger charge is 2.23. The number of ketones is 1. The van der Waals surface area contributed by atoms with E-state index in [1.54, 1.807) is 6.92 Å². The fourth-order valence-electron chi connectivity index (χ4n) is 5.25. The second-order valence-electron chi connectivity index (χ2n) is 9.57. The van der Waals surface area contributed by atoms with Gasteiger partial charge in [-0.25, -0.2) is 4.98 Å². The van der Waals surface area contributed by atoms with Crippen LogP contribution >= 0.6 is 0 Å². The Labute approximate surface area is 204 Å². The number of aryl methyl sites for hydroxylation is 1. The van der Waals surface area contributed by atoms with Gasteiger partial charge in [0.25, 0.3) is 0 Å². The molecule has 35 heavy (non-hydrogen) atoms. The number of piperazine rings is 1. The number of aromatic amines is 2. The zero-order valence-electron chi connectivity index (χ0n) is 20.4. The number of rotatable bonds is 4. The number of aromatic nitrogens is 3. The maximum atomic E-state index is 12.7. The van der Waals surface area contributed by atoms with Gasteiger partial charge in [-0.2, -0.15) is 0 Å². The van der Waals surface area contributed by atoms with E-state index in [1.807, 2.05) is 19.1 Å². The van der Waals surface area contributed by atoms with Crippen molar-refractivity contribution in [1.29, 1.82) is 0 Å². The van der Waals surface area contributed by atoms with Crippen molar-refractivity contribution in [3.63, 3.8) is 0 Å². The second kappa shape index (κ2) is 8.40. The topological polar surface area (TPSA) is 68.0 Å². The van der Waals surface area contributed by atoms with Crippen molar-refractivity contribution in [3.05, 3.63) is 71.9 Å². The number of nitrogens with zero attached hydrogens (tertiary/aromatic N) is 3. The predicted molar refractivity (Wildman–Crippen MR) is 143 cm³/mol. The molecule has 0 aliphatic carbocycles. The predicted octanol–water partition coefficient (Wildman–Crippen LogP) is 5.64. The average Bonchev–Trinajstić information content (AvgIpc) is 3.44. The van der Waals surface area contributed by atoms with Crippen LogP contribution < -0.4 is 4.90 Å². The molecule has 6 heteroatoms. The number of imidazole rings is 1. The van der Waals surface area contributed by atoms with E-state index in [1.165, 1.54) is 11.1 Å². The molecule has 3 heterocycles. The minimum atomic E-state index is 0.0432. The first-order valence-corrected chi connectivity index (χ1v) is 12.1. The number of likely N-dealkylation sites (N-methyl/N-ethyl adjacent to an activating group) is 1. The molecular formula is C29H29N5O. The smallest absolute Gasteiger partial charge is 0.162 e. The van der Waals surface area contributed by atoms with E-state index in [4.69, 9.17) is 4.98 Å². The van der Waals surface area contributed by atoms with Crippen molar-refractivity contribution in [1.82, 2.24) is 19.9 Å². The first-order chi connectivity index (χ1) is 17.0. The highest BCUT2D eigenvalue weighted by molar-refractivity contribution is 6.06. The van der Waals surface area contributed by atoms with Gasteiger partial charge in [0.15, 0.2) is 11.6 Å². The molecule has 6 nitrogen and oxygen atoms in total. The lowest BCUT2D eigenvalue weighted by atomic mass is 9.95. The molecule has 1 saturated heterocycles. The number of Topliss-reactive ketones (excluding diaryl/α,β-unsaturated/α-hetero) is 1. The van der Waals surface area contributed by atoms with E-state index in [0.29, 0.717) is 5.56 Å². The van der Waals surface area contributed by atoms with Gasteiger partial charge in [0.05, 0.1) is 16.7 Å². The first kappa shape index (κ1) is 21.6. The Morgan fingerprint density at radius 2 is 1.69 bits per heavy atom. The molecule has 1 aliphatic heterocycles. The maximum Gasteiger partial charge on any atom is 0.162 e. The average molecular weight is 464 g/mol. The summed E-state index contributed by atoms with van der Waals surface area (Å²) in [5.41, 5.74) is 7.45. The number of anilines is 1. The number of nitrogens with one attached hydrogen (secondary N) is 2. The molecule has 176 valence electrons. The molecule has 1 aliphatic rings. The van der Waals surface area contributed by atoms with Gasteiger partial charge in [0.1, 0.15) is 0 Å². The minimum Gasteiger partial charge on any atom is -0.369 e. The molecule has 6 rings (SSSR count). The summed E-state index contributed by atoms with van der Waals surface area (Å²) in [6.07, 6.45) is 0. The van der Waals surface area contributed by atoms with Crippen LogP contribution in [-0.4, -0.2) is 58.9 Å². The minimum absolute atomic E-state index is 0.0432. The Morgan fingerprint density at radius 1 is 0.914 bits per heavy atom. The quantitative estimate of drug-likeness (QED) is 0.339. The summed E-state index contributed by atoms with van der Waals surface area (Å²) in [6, 6.07) is 21.1. The molecule has 0 bridgehead atoms. The number of hydrogen-bond acceptors (Lipinski definition) is 4. The normalized spacial score (nSPS) is 14.8. The number of benzene rings is 3. The van der Waals surface area contributed by atoms with Crippen molar-refractivity contribution in [2.75, 3.05) is 38.1 Å². The molecule has 2 N–H and O–H groups in total. The van der Waals surface area contributed by atoms with E-state index < -0.39 is 0 Å². The molecule has 0 saturated carbocycles. The van der Waals surface area contributed by atoms with Crippen LogP contribution in [-0.2, 0) is 0 Å². The standard InChI is InChI=1S/C29H29N5O/c1-18-26(19(2)35)27(22-9-8-20-6-4-5-7-21(20)16-22)28(30-18)29-31-24-11-10-23(17-25(24)32-29)34-14-12-33(3)13-15-34/h4-11,16-17,30H,12-15H2,1-3H3,(H,31,32). The summed E-state index contributed by atoms with van der Waals surface area (Å²) in [7, 11) is 2.17. The molecule has 0 spiro atoms. The number of carbonyl (C=O) groups excluding carboxylic acids is 1. The van der Waals surface area contributed by atoms with Crippen LogP contribution in [0, 0.1) is 6.92 Å². The lowest BCUT2D eigenvalue weighted by Gasteiger charge is -2.34. The maximum absolute atomic E-state index is 12.7. The Kier molecular flexibility index (Phi) is 5.19. The third kappa shape index (κ3) is 3.80. The monoisotopic (exact) mass is 463 g/mol. The van der Waals surface area contributed by atoms with Gasteiger partial charge in [-0.15, -0.1) is 0 Å². The lowest BCUT2D eigenvalue weighted by Crippen LogP contribution is -2.44. The van der Waals surface area contributed by atoms with Crippen LogP contribution in [0.5, 0.6) is 0 Å². The van der Waals surface area contributed by atoms with Gasteiger partial charge in [-0.1, -0.05) is 36.4 Å². The molecule has 0 amide bonds. The fraction of sp³-hybridized carbons (Fsp3) is 0.241.